The summed E-state index contributed by atoms with van der Waals surface area (Å²) in [6, 6.07) is 1.87. The number of carbonyl (C=O) groups excluding carboxylic acids is 1. The Morgan fingerprint density at radius 2 is 2.19 bits per heavy atom. The highest BCUT2D eigenvalue weighted by Gasteiger charge is 2.26. The van der Waals surface area contributed by atoms with Crippen molar-refractivity contribution in [3.05, 3.63) is 40.5 Å². The molecule has 1 N–H and O–H groups in total. The lowest BCUT2D eigenvalue weighted by Gasteiger charge is -2.24. The van der Waals surface area contributed by atoms with Gasteiger partial charge in [0.15, 0.2) is 5.65 Å². The zero-order chi connectivity index (χ0) is 18.4. The van der Waals surface area contributed by atoms with Crippen molar-refractivity contribution in [2.24, 2.45) is 7.05 Å². The van der Waals surface area contributed by atoms with Gasteiger partial charge in [-0.15, -0.1) is 0 Å². The summed E-state index contributed by atoms with van der Waals surface area (Å²) in [5.74, 6) is -0.0686. The summed E-state index contributed by atoms with van der Waals surface area (Å²) >= 11 is 0. The first-order chi connectivity index (χ1) is 12.5. The zero-order valence-corrected chi connectivity index (χ0v) is 15.7. The Morgan fingerprint density at radius 1 is 1.38 bits per heavy atom. The lowest BCUT2D eigenvalue weighted by atomic mass is 9.92. The molecule has 3 aromatic rings. The van der Waals surface area contributed by atoms with Crippen LogP contribution in [0.25, 0.3) is 11.0 Å². The number of pyridine rings is 1. The molecule has 3 aromatic heterocycles. The summed E-state index contributed by atoms with van der Waals surface area (Å²) < 4.78 is 3.77. The number of aryl methyl sites for hydroxylation is 4. The second-order valence-corrected chi connectivity index (χ2v) is 7.00. The molecule has 0 aromatic carbocycles. The fourth-order valence-corrected chi connectivity index (χ4v) is 3.97. The average Bonchev–Trinajstić information content (AvgIpc) is 3.15. The number of nitrogens with zero attached hydrogens (tertiary/aromatic N) is 5. The molecule has 1 atom stereocenters. The molecule has 0 fully saturated rings. The van der Waals surface area contributed by atoms with Crippen LogP contribution < -0.4 is 5.32 Å². The predicted molar refractivity (Wildman–Crippen MR) is 99.0 cm³/mol. The van der Waals surface area contributed by atoms with Crippen molar-refractivity contribution in [2.45, 2.75) is 52.6 Å². The third kappa shape index (κ3) is 2.58. The third-order valence-corrected chi connectivity index (χ3v) is 5.23. The molecule has 0 bridgehead atoms. The van der Waals surface area contributed by atoms with Gasteiger partial charge in [0.2, 0.25) is 0 Å². The number of hydrogen-bond acceptors (Lipinski definition) is 4. The lowest BCUT2D eigenvalue weighted by molar-refractivity contribution is 0.0934. The molecule has 3 heterocycles. The van der Waals surface area contributed by atoms with E-state index in [0.29, 0.717) is 5.56 Å². The Kier molecular flexibility index (Phi) is 4.01. The normalized spacial score (nSPS) is 16.7. The third-order valence-electron chi connectivity index (χ3n) is 5.23. The van der Waals surface area contributed by atoms with Gasteiger partial charge in [-0.05, 0) is 46.1 Å². The minimum absolute atomic E-state index is 0.00463. The largest absolute Gasteiger partial charge is 0.345 e. The number of hydrogen-bond donors (Lipinski definition) is 1. The molecule has 4 rings (SSSR count). The summed E-state index contributed by atoms with van der Waals surface area (Å²) in [5.41, 5.74) is 5.44. The minimum Gasteiger partial charge on any atom is -0.345 e. The smallest absolute Gasteiger partial charge is 0.252 e. The molecule has 0 spiro atoms. The maximum absolute atomic E-state index is 13.1. The van der Waals surface area contributed by atoms with Gasteiger partial charge in [0.05, 0.1) is 28.9 Å². The van der Waals surface area contributed by atoms with Crippen LogP contribution >= 0.6 is 0 Å². The molecule has 0 unspecified atom stereocenters. The van der Waals surface area contributed by atoms with Gasteiger partial charge in [-0.3, -0.25) is 9.48 Å². The van der Waals surface area contributed by atoms with Crippen molar-refractivity contribution in [3.63, 3.8) is 0 Å². The Balaban J connectivity index is 1.73. The van der Waals surface area contributed by atoms with Gasteiger partial charge in [0.1, 0.15) is 0 Å². The SMILES string of the molecule is CCn1nc(C)c2c(C(=O)N[C@H]3CCCc4c3cnn4C)cc(C)nc21. The van der Waals surface area contributed by atoms with E-state index in [1.54, 1.807) is 0 Å². The number of amides is 1. The van der Waals surface area contributed by atoms with Gasteiger partial charge in [-0.1, -0.05) is 0 Å². The van der Waals surface area contributed by atoms with Gasteiger partial charge < -0.3 is 5.32 Å². The molecule has 0 radical (unpaired) electrons. The fourth-order valence-electron chi connectivity index (χ4n) is 3.97. The average molecular weight is 352 g/mol. The first kappa shape index (κ1) is 16.8. The molecule has 7 nitrogen and oxygen atoms in total. The fraction of sp³-hybridized carbons (Fsp3) is 0.474. The summed E-state index contributed by atoms with van der Waals surface area (Å²) in [5, 5.41) is 13.0. The van der Waals surface area contributed by atoms with E-state index in [-0.39, 0.29) is 11.9 Å². The van der Waals surface area contributed by atoms with E-state index in [2.05, 4.69) is 20.5 Å². The molecule has 1 aliphatic rings. The molecule has 136 valence electrons. The van der Waals surface area contributed by atoms with Gasteiger partial charge in [-0.2, -0.15) is 10.2 Å². The van der Waals surface area contributed by atoms with Crippen LogP contribution in [0, 0.1) is 13.8 Å². The van der Waals surface area contributed by atoms with E-state index in [9.17, 15) is 4.79 Å². The van der Waals surface area contributed by atoms with Gasteiger partial charge >= 0.3 is 0 Å². The number of aromatic nitrogens is 5. The van der Waals surface area contributed by atoms with Crippen molar-refractivity contribution < 1.29 is 4.79 Å². The van der Waals surface area contributed by atoms with Crippen LogP contribution in [-0.2, 0) is 20.0 Å². The molecule has 0 saturated heterocycles. The maximum atomic E-state index is 13.1. The van der Waals surface area contributed by atoms with Crippen molar-refractivity contribution in [1.29, 1.82) is 0 Å². The number of fused-ring (bicyclic) bond motifs is 2. The zero-order valence-electron chi connectivity index (χ0n) is 15.7. The topological polar surface area (TPSA) is 77.6 Å². The van der Waals surface area contributed by atoms with Crippen molar-refractivity contribution in [3.8, 4) is 0 Å². The van der Waals surface area contributed by atoms with Crippen LogP contribution in [0.2, 0.25) is 0 Å². The van der Waals surface area contributed by atoms with Crippen LogP contribution in [0.1, 0.15) is 58.8 Å². The van der Waals surface area contributed by atoms with E-state index in [1.807, 2.05) is 49.4 Å². The van der Waals surface area contributed by atoms with Crippen LogP contribution in [0.15, 0.2) is 12.3 Å². The maximum Gasteiger partial charge on any atom is 0.252 e. The number of nitrogens with one attached hydrogen (secondary N) is 1. The molecule has 1 aliphatic carbocycles. The van der Waals surface area contributed by atoms with Gasteiger partial charge in [-0.25, -0.2) is 9.67 Å². The Morgan fingerprint density at radius 3 is 2.96 bits per heavy atom. The summed E-state index contributed by atoms with van der Waals surface area (Å²) in [7, 11) is 1.96. The molecule has 1 amide bonds. The van der Waals surface area contributed by atoms with Crippen LogP contribution in [0.4, 0.5) is 0 Å². The van der Waals surface area contributed by atoms with Crippen LogP contribution in [0.3, 0.4) is 0 Å². The van der Waals surface area contributed by atoms with Crippen LogP contribution in [0.5, 0.6) is 0 Å². The first-order valence-corrected chi connectivity index (χ1v) is 9.16. The van der Waals surface area contributed by atoms with Crippen LogP contribution in [-0.4, -0.2) is 30.5 Å². The standard InChI is InChI=1S/C19H24N6O/c1-5-25-18-17(12(3)23-25)13(9-11(2)21-18)19(26)22-15-7-6-8-16-14(15)10-20-24(16)4/h9-10,15H,5-8H2,1-4H3,(H,22,26)/t15-/m0/s1. The Bertz CT molecular complexity index is 999. The summed E-state index contributed by atoms with van der Waals surface area (Å²) in [4.78, 5) is 17.7. The Labute approximate surface area is 152 Å². The van der Waals surface area contributed by atoms with E-state index in [0.717, 1.165) is 53.8 Å². The second kappa shape index (κ2) is 6.23. The minimum atomic E-state index is -0.0686. The first-order valence-electron chi connectivity index (χ1n) is 9.16. The molecular weight excluding hydrogens is 328 g/mol. The quantitative estimate of drug-likeness (QED) is 0.786. The molecular formula is C19H24N6O. The molecule has 0 aliphatic heterocycles. The van der Waals surface area contributed by atoms with Crippen molar-refractivity contribution in [2.75, 3.05) is 0 Å². The van der Waals surface area contributed by atoms with Crippen molar-refractivity contribution >= 4 is 16.9 Å². The van der Waals surface area contributed by atoms with E-state index in [4.69, 9.17) is 0 Å². The number of rotatable bonds is 3. The predicted octanol–water partition coefficient (Wildman–Crippen LogP) is 2.61. The summed E-state index contributed by atoms with van der Waals surface area (Å²) in [6.45, 7) is 6.60. The highest BCUT2D eigenvalue weighted by molar-refractivity contribution is 6.06. The Hall–Kier alpha value is -2.70. The van der Waals surface area contributed by atoms with E-state index in [1.165, 1.54) is 5.69 Å². The highest BCUT2D eigenvalue weighted by atomic mass is 16.1. The monoisotopic (exact) mass is 352 g/mol. The van der Waals surface area contributed by atoms with E-state index < -0.39 is 0 Å². The van der Waals surface area contributed by atoms with Crippen molar-refractivity contribution in [1.82, 2.24) is 29.9 Å². The second-order valence-electron chi connectivity index (χ2n) is 7.00. The molecule has 26 heavy (non-hydrogen) atoms. The highest BCUT2D eigenvalue weighted by Crippen LogP contribution is 2.30. The summed E-state index contributed by atoms with van der Waals surface area (Å²) in [6.07, 6.45) is 4.88. The molecule has 0 saturated carbocycles. The lowest BCUT2D eigenvalue weighted by Crippen LogP contribution is -2.31. The van der Waals surface area contributed by atoms with E-state index >= 15 is 0 Å². The van der Waals surface area contributed by atoms with Gasteiger partial charge in [0, 0.05) is 30.5 Å². The molecule has 7 heteroatoms. The number of carbonyl (C=O) groups is 1. The van der Waals surface area contributed by atoms with Gasteiger partial charge in [0.25, 0.3) is 5.91 Å².